The number of carbonyl (C=O) groups excluding carboxylic acids is 1. The highest BCUT2D eigenvalue weighted by Crippen LogP contribution is 2.33. The largest absolute Gasteiger partial charge is 0.463 e. The van der Waals surface area contributed by atoms with Crippen molar-refractivity contribution in [1.82, 2.24) is 4.31 Å². The number of hydrogen-bond acceptors (Lipinski definition) is 4. The van der Waals surface area contributed by atoms with Crippen LogP contribution in [-0.4, -0.2) is 37.4 Å². The minimum absolute atomic E-state index is 0.141. The Morgan fingerprint density at radius 2 is 1.90 bits per heavy atom. The van der Waals surface area contributed by atoms with E-state index in [1.54, 1.807) is 0 Å². The molecule has 7 heteroatoms. The van der Waals surface area contributed by atoms with Crippen LogP contribution >= 0.6 is 11.6 Å². The molecular weight excluding hydrogens is 302 g/mol. The molecule has 0 aliphatic carbocycles. The van der Waals surface area contributed by atoms with Gasteiger partial charge in [0, 0.05) is 5.02 Å². The van der Waals surface area contributed by atoms with E-state index in [0.717, 1.165) is 12.8 Å². The average molecular weight is 316 g/mol. The van der Waals surface area contributed by atoms with E-state index in [1.165, 1.54) is 28.6 Å². The standard InChI is InChI=1S/C13H14ClNO4S/c14-9-4-6-11(7-5-9)20(17,18)15-10-2-1-3-12(15)13(16)19-8-10/h4-7,10,12H,1-3,8H2. The molecule has 0 spiro atoms. The highest BCUT2D eigenvalue weighted by Gasteiger charge is 2.47. The molecule has 20 heavy (non-hydrogen) atoms. The Labute approximate surface area is 122 Å². The number of ether oxygens (including phenoxy) is 1. The van der Waals surface area contributed by atoms with Gasteiger partial charge in [0.05, 0.1) is 10.9 Å². The summed E-state index contributed by atoms with van der Waals surface area (Å²) in [6.07, 6.45) is 2.08. The van der Waals surface area contributed by atoms with Crippen molar-refractivity contribution in [3.8, 4) is 0 Å². The lowest BCUT2D eigenvalue weighted by atomic mass is 9.97. The van der Waals surface area contributed by atoms with Crippen molar-refractivity contribution in [3.05, 3.63) is 29.3 Å². The molecule has 2 aliphatic heterocycles. The molecular formula is C13H14ClNO4S. The molecule has 0 N–H and O–H groups in total. The van der Waals surface area contributed by atoms with Crippen molar-refractivity contribution < 1.29 is 17.9 Å². The molecule has 108 valence electrons. The molecule has 2 fully saturated rings. The van der Waals surface area contributed by atoms with Crippen LogP contribution in [0.2, 0.25) is 5.02 Å². The molecule has 0 amide bonds. The number of rotatable bonds is 2. The van der Waals surface area contributed by atoms with Crippen LogP contribution in [0.5, 0.6) is 0 Å². The van der Waals surface area contributed by atoms with Gasteiger partial charge in [-0.2, -0.15) is 4.31 Å². The number of cyclic esters (lactones) is 1. The van der Waals surface area contributed by atoms with Gasteiger partial charge in [-0.3, -0.25) is 4.79 Å². The molecule has 1 aromatic rings. The number of halogens is 1. The van der Waals surface area contributed by atoms with Crippen LogP contribution in [0, 0.1) is 0 Å². The minimum Gasteiger partial charge on any atom is -0.463 e. The number of carbonyl (C=O) groups is 1. The van der Waals surface area contributed by atoms with Gasteiger partial charge in [0.2, 0.25) is 10.0 Å². The Morgan fingerprint density at radius 3 is 2.60 bits per heavy atom. The Balaban J connectivity index is 2.01. The lowest BCUT2D eigenvalue weighted by Crippen LogP contribution is -2.59. The monoisotopic (exact) mass is 315 g/mol. The second-order valence-corrected chi connectivity index (χ2v) is 7.30. The molecule has 0 aromatic heterocycles. The minimum atomic E-state index is -3.70. The zero-order valence-corrected chi connectivity index (χ0v) is 12.2. The first kappa shape index (κ1) is 13.9. The first-order chi connectivity index (χ1) is 9.50. The fourth-order valence-corrected chi connectivity index (χ4v) is 4.74. The lowest BCUT2D eigenvalue weighted by Gasteiger charge is -2.42. The Bertz CT molecular complexity index is 628. The molecule has 2 heterocycles. The van der Waals surface area contributed by atoms with Crippen LogP contribution in [0.15, 0.2) is 29.2 Å². The summed E-state index contributed by atoms with van der Waals surface area (Å²) in [5.74, 6) is -0.446. The van der Waals surface area contributed by atoms with Crippen molar-refractivity contribution in [3.63, 3.8) is 0 Å². The summed E-state index contributed by atoms with van der Waals surface area (Å²) in [4.78, 5) is 12.0. The van der Waals surface area contributed by atoms with E-state index < -0.39 is 22.0 Å². The normalized spacial score (nSPS) is 27.1. The quantitative estimate of drug-likeness (QED) is 0.781. The second-order valence-electron chi connectivity index (χ2n) is 5.02. The van der Waals surface area contributed by atoms with Gasteiger partial charge in [-0.25, -0.2) is 8.42 Å². The summed E-state index contributed by atoms with van der Waals surface area (Å²) in [6.45, 7) is 0.141. The van der Waals surface area contributed by atoms with Gasteiger partial charge >= 0.3 is 5.97 Å². The van der Waals surface area contributed by atoms with Crippen LogP contribution in [0.1, 0.15) is 19.3 Å². The second kappa shape index (κ2) is 5.02. The highest BCUT2D eigenvalue weighted by molar-refractivity contribution is 7.89. The van der Waals surface area contributed by atoms with Crippen molar-refractivity contribution in [1.29, 1.82) is 0 Å². The molecule has 1 aromatic carbocycles. The molecule has 0 radical (unpaired) electrons. The smallest absolute Gasteiger partial charge is 0.324 e. The fraction of sp³-hybridized carbons (Fsp3) is 0.462. The molecule has 2 atom stereocenters. The summed E-state index contributed by atoms with van der Waals surface area (Å²) in [5, 5.41) is 0.474. The zero-order chi connectivity index (χ0) is 14.3. The van der Waals surface area contributed by atoms with E-state index in [9.17, 15) is 13.2 Å². The van der Waals surface area contributed by atoms with E-state index in [-0.39, 0.29) is 17.5 Å². The third-order valence-corrected chi connectivity index (χ3v) is 5.99. The first-order valence-electron chi connectivity index (χ1n) is 6.46. The molecule has 0 saturated carbocycles. The SMILES string of the molecule is O=C1OCC2CCCC1N2S(=O)(=O)c1ccc(Cl)cc1. The Kier molecular flexibility index (Phi) is 3.48. The molecule has 2 bridgehead atoms. The molecule has 5 nitrogen and oxygen atoms in total. The first-order valence-corrected chi connectivity index (χ1v) is 8.28. The summed E-state index contributed by atoms with van der Waals surface area (Å²) < 4.78 is 31.8. The highest BCUT2D eigenvalue weighted by atomic mass is 35.5. The van der Waals surface area contributed by atoms with Gasteiger partial charge in [-0.1, -0.05) is 11.6 Å². The number of benzene rings is 1. The third kappa shape index (κ3) is 2.21. The Morgan fingerprint density at radius 1 is 1.20 bits per heavy atom. The number of piperidine rings is 1. The molecule has 2 unspecified atom stereocenters. The maximum atomic E-state index is 12.7. The van der Waals surface area contributed by atoms with Crippen LogP contribution in [-0.2, 0) is 19.6 Å². The van der Waals surface area contributed by atoms with Gasteiger partial charge in [0.15, 0.2) is 0 Å². The van der Waals surface area contributed by atoms with Crippen LogP contribution in [0.25, 0.3) is 0 Å². The third-order valence-electron chi connectivity index (χ3n) is 3.76. The molecule has 3 rings (SSSR count). The molecule has 2 saturated heterocycles. The molecule has 2 aliphatic rings. The van der Waals surface area contributed by atoms with Crippen molar-refractivity contribution in [2.45, 2.75) is 36.2 Å². The van der Waals surface area contributed by atoms with Gasteiger partial charge in [0.1, 0.15) is 12.6 Å². The van der Waals surface area contributed by atoms with Gasteiger partial charge < -0.3 is 4.74 Å². The Hall–Kier alpha value is -1.11. The predicted octanol–water partition coefficient (Wildman–Crippen LogP) is 1.81. The van der Waals surface area contributed by atoms with E-state index in [1.807, 2.05) is 0 Å². The number of morpholine rings is 1. The van der Waals surface area contributed by atoms with E-state index in [0.29, 0.717) is 11.4 Å². The maximum absolute atomic E-state index is 12.7. The van der Waals surface area contributed by atoms with Crippen LogP contribution < -0.4 is 0 Å². The number of sulfonamides is 1. The van der Waals surface area contributed by atoms with Crippen LogP contribution in [0.3, 0.4) is 0 Å². The number of esters is 1. The van der Waals surface area contributed by atoms with E-state index >= 15 is 0 Å². The average Bonchev–Trinajstić information content (AvgIpc) is 2.43. The maximum Gasteiger partial charge on any atom is 0.324 e. The topological polar surface area (TPSA) is 63.7 Å². The summed E-state index contributed by atoms with van der Waals surface area (Å²) in [5.41, 5.74) is 0. The van der Waals surface area contributed by atoms with Gasteiger partial charge in [-0.15, -0.1) is 0 Å². The van der Waals surface area contributed by atoms with Crippen molar-refractivity contribution in [2.24, 2.45) is 0 Å². The predicted molar refractivity (Wildman–Crippen MR) is 72.9 cm³/mol. The lowest BCUT2D eigenvalue weighted by molar-refractivity contribution is -0.160. The van der Waals surface area contributed by atoms with Crippen molar-refractivity contribution >= 4 is 27.6 Å². The summed E-state index contributed by atoms with van der Waals surface area (Å²) >= 11 is 5.78. The summed E-state index contributed by atoms with van der Waals surface area (Å²) in [7, 11) is -3.70. The number of fused-ring (bicyclic) bond motifs is 2. The summed E-state index contributed by atoms with van der Waals surface area (Å²) in [6, 6.07) is 5.05. The number of hydrogen-bond donors (Lipinski definition) is 0. The van der Waals surface area contributed by atoms with Gasteiger partial charge in [0.25, 0.3) is 0 Å². The van der Waals surface area contributed by atoms with E-state index in [4.69, 9.17) is 16.3 Å². The zero-order valence-electron chi connectivity index (χ0n) is 10.7. The van der Waals surface area contributed by atoms with Crippen LogP contribution in [0.4, 0.5) is 0 Å². The fourth-order valence-electron chi connectivity index (χ4n) is 2.80. The van der Waals surface area contributed by atoms with Crippen molar-refractivity contribution in [2.75, 3.05) is 6.61 Å². The number of nitrogens with zero attached hydrogens (tertiary/aromatic N) is 1. The van der Waals surface area contributed by atoms with E-state index in [2.05, 4.69) is 0 Å². The van der Waals surface area contributed by atoms with Gasteiger partial charge in [-0.05, 0) is 43.5 Å².